The number of rotatable bonds is 4. The average molecular weight is 651 g/mol. The summed E-state index contributed by atoms with van der Waals surface area (Å²) in [4.78, 5) is 10.4. The molecule has 0 atom stereocenters. The van der Waals surface area contributed by atoms with E-state index in [0.29, 0.717) is 5.82 Å². The van der Waals surface area contributed by atoms with E-state index in [0.717, 1.165) is 28.1 Å². The molecule has 240 valence electrons. The fourth-order valence-electron chi connectivity index (χ4n) is 8.28. The van der Waals surface area contributed by atoms with Crippen LogP contribution in [0.1, 0.15) is 25.0 Å². The summed E-state index contributed by atoms with van der Waals surface area (Å²) in [7, 11) is 0. The number of nitrogens with zero attached hydrogens (tertiary/aromatic N) is 2. The maximum atomic E-state index is 5.24. The molecule has 0 saturated heterocycles. The molecule has 8 aromatic carbocycles. The molecule has 0 aliphatic heterocycles. The molecule has 0 saturated carbocycles. The Balaban J connectivity index is 1.12. The van der Waals surface area contributed by atoms with Crippen molar-refractivity contribution < 1.29 is 0 Å². The van der Waals surface area contributed by atoms with E-state index in [1.54, 1.807) is 0 Å². The second kappa shape index (κ2) is 11.3. The van der Waals surface area contributed by atoms with Gasteiger partial charge >= 0.3 is 0 Å². The van der Waals surface area contributed by atoms with Crippen LogP contribution >= 0.6 is 0 Å². The predicted molar refractivity (Wildman–Crippen MR) is 214 cm³/mol. The second-order valence-electron chi connectivity index (χ2n) is 14.2. The van der Waals surface area contributed by atoms with Gasteiger partial charge in [0.2, 0.25) is 0 Å². The van der Waals surface area contributed by atoms with Crippen LogP contribution in [0.3, 0.4) is 0 Å². The zero-order valence-electron chi connectivity index (χ0n) is 28.6. The minimum atomic E-state index is -0.0409. The minimum absolute atomic E-state index is 0.0409. The number of benzene rings is 8. The first-order chi connectivity index (χ1) is 25.0. The molecule has 0 unspecified atom stereocenters. The monoisotopic (exact) mass is 650 g/mol. The third-order valence-electron chi connectivity index (χ3n) is 10.9. The Morgan fingerprint density at radius 3 is 1.82 bits per heavy atom. The SMILES string of the molecule is CC1(C)c2ccccc2-c2cc(-c3cc(-c4ccccc4)nc(-c4ccc(-c5c6ccccc6cc6c5ccc5ccccc56)cc4)n3)ccc21. The van der Waals surface area contributed by atoms with Gasteiger partial charge in [0.15, 0.2) is 5.82 Å². The van der Waals surface area contributed by atoms with Gasteiger partial charge in [-0.2, -0.15) is 0 Å². The molecule has 9 aromatic rings. The van der Waals surface area contributed by atoms with Crippen LogP contribution in [0.15, 0.2) is 170 Å². The molecule has 1 aliphatic rings. The summed E-state index contributed by atoms with van der Waals surface area (Å²) in [5.41, 5.74) is 12.7. The predicted octanol–water partition coefficient (Wildman–Crippen LogP) is 12.9. The maximum absolute atomic E-state index is 5.24. The van der Waals surface area contributed by atoms with Gasteiger partial charge in [-0.05, 0) is 83.9 Å². The molecule has 10 rings (SSSR count). The first kappa shape index (κ1) is 29.5. The lowest BCUT2D eigenvalue weighted by atomic mass is 9.82. The number of hydrogen-bond donors (Lipinski definition) is 0. The summed E-state index contributed by atoms with van der Waals surface area (Å²) in [6.45, 7) is 4.64. The van der Waals surface area contributed by atoms with Crippen molar-refractivity contribution in [1.29, 1.82) is 0 Å². The van der Waals surface area contributed by atoms with Crippen molar-refractivity contribution in [3.05, 3.63) is 181 Å². The van der Waals surface area contributed by atoms with Crippen molar-refractivity contribution in [2.45, 2.75) is 19.3 Å². The van der Waals surface area contributed by atoms with Crippen LogP contribution in [0.25, 0.3) is 88.5 Å². The smallest absolute Gasteiger partial charge is 0.160 e. The lowest BCUT2D eigenvalue weighted by Gasteiger charge is -2.21. The molecule has 0 bridgehead atoms. The fraction of sp³-hybridized carbons (Fsp3) is 0.0612. The molecule has 51 heavy (non-hydrogen) atoms. The van der Waals surface area contributed by atoms with Crippen molar-refractivity contribution in [2.24, 2.45) is 0 Å². The largest absolute Gasteiger partial charge is 0.228 e. The van der Waals surface area contributed by atoms with Crippen molar-refractivity contribution in [3.63, 3.8) is 0 Å². The summed E-state index contributed by atoms with van der Waals surface area (Å²) in [6, 6.07) is 61.3. The molecule has 0 N–H and O–H groups in total. The van der Waals surface area contributed by atoms with E-state index in [1.165, 1.54) is 65.7 Å². The summed E-state index contributed by atoms with van der Waals surface area (Å²) >= 11 is 0. The molecule has 0 fully saturated rings. The normalized spacial score (nSPS) is 13.1. The molecular formula is C49H34N2. The van der Waals surface area contributed by atoms with Crippen LogP contribution in [-0.4, -0.2) is 9.97 Å². The lowest BCUT2D eigenvalue weighted by molar-refractivity contribution is 0.660. The minimum Gasteiger partial charge on any atom is -0.228 e. The molecule has 0 spiro atoms. The molecule has 1 aliphatic carbocycles. The van der Waals surface area contributed by atoms with E-state index in [1.807, 2.05) is 6.07 Å². The molecule has 1 heterocycles. The highest BCUT2D eigenvalue weighted by Crippen LogP contribution is 2.49. The van der Waals surface area contributed by atoms with Crippen LogP contribution < -0.4 is 0 Å². The molecule has 2 heteroatoms. The third-order valence-corrected chi connectivity index (χ3v) is 10.9. The first-order valence-corrected chi connectivity index (χ1v) is 17.7. The Morgan fingerprint density at radius 2 is 1.00 bits per heavy atom. The van der Waals surface area contributed by atoms with E-state index in [2.05, 4.69) is 178 Å². The topological polar surface area (TPSA) is 25.8 Å². The van der Waals surface area contributed by atoms with Gasteiger partial charge < -0.3 is 0 Å². The standard InChI is InChI=1S/C49H34N2/c1-49(2)43-19-11-10-18-39(43)42-29-36(25-27-44(42)49)46-30-45(32-13-4-3-5-14-32)50-48(51-46)34-22-20-33(21-23-34)47-38-17-9-7-15-35(38)28-41-37-16-8-6-12-31(37)24-26-40(41)47/h3-30H,1-2H3. The van der Waals surface area contributed by atoms with Crippen molar-refractivity contribution in [1.82, 2.24) is 9.97 Å². The zero-order valence-corrected chi connectivity index (χ0v) is 28.6. The average Bonchev–Trinajstić information content (AvgIpc) is 3.42. The first-order valence-electron chi connectivity index (χ1n) is 17.7. The van der Waals surface area contributed by atoms with E-state index in [-0.39, 0.29) is 5.41 Å². The van der Waals surface area contributed by atoms with Crippen LogP contribution in [0, 0.1) is 0 Å². The van der Waals surface area contributed by atoms with Crippen molar-refractivity contribution >= 4 is 32.3 Å². The Morgan fingerprint density at radius 1 is 0.373 bits per heavy atom. The van der Waals surface area contributed by atoms with E-state index in [9.17, 15) is 0 Å². The van der Waals surface area contributed by atoms with Crippen LogP contribution in [0.2, 0.25) is 0 Å². The van der Waals surface area contributed by atoms with Gasteiger partial charge in [-0.1, -0.05) is 166 Å². The Kier molecular flexibility index (Phi) is 6.56. The Bertz CT molecular complexity index is 2810. The summed E-state index contributed by atoms with van der Waals surface area (Å²) < 4.78 is 0. The highest BCUT2D eigenvalue weighted by Gasteiger charge is 2.35. The van der Waals surface area contributed by atoms with Gasteiger partial charge in [0.1, 0.15) is 0 Å². The summed E-state index contributed by atoms with van der Waals surface area (Å²) in [5.74, 6) is 0.716. The van der Waals surface area contributed by atoms with Gasteiger partial charge in [0.25, 0.3) is 0 Å². The molecular weight excluding hydrogens is 617 g/mol. The van der Waals surface area contributed by atoms with Gasteiger partial charge in [0, 0.05) is 22.1 Å². The Labute approximate surface area is 297 Å². The fourth-order valence-corrected chi connectivity index (χ4v) is 8.28. The third kappa shape index (κ3) is 4.71. The highest BCUT2D eigenvalue weighted by molar-refractivity contribution is 6.20. The van der Waals surface area contributed by atoms with Crippen molar-refractivity contribution in [2.75, 3.05) is 0 Å². The molecule has 0 amide bonds. The van der Waals surface area contributed by atoms with Gasteiger partial charge in [-0.25, -0.2) is 9.97 Å². The zero-order chi connectivity index (χ0) is 34.1. The highest BCUT2D eigenvalue weighted by atomic mass is 14.9. The lowest BCUT2D eigenvalue weighted by Crippen LogP contribution is -2.14. The number of hydrogen-bond acceptors (Lipinski definition) is 2. The Hall–Kier alpha value is -6.38. The van der Waals surface area contributed by atoms with Gasteiger partial charge in [0.05, 0.1) is 11.4 Å². The number of fused-ring (bicyclic) bond motifs is 7. The van der Waals surface area contributed by atoms with Crippen molar-refractivity contribution in [3.8, 4) is 56.2 Å². The number of aromatic nitrogens is 2. The van der Waals surface area contributed by atoms with Crippen LogP contribution in [0.4, 0.5) is 0 Å². The summed E-state index contributed by atoms with van der Waals surface area (Å²) in [6.07, 6.45) is 0. The maximum Gasteiger partial charge on any atom is 0.160 e. The van der Waals surface area contributed by atoms with Gasteiger partial charge in [-0.15, -0.1) is 0 Å². The van der Waals surface area contributed by atoms with E-state index in [4.69, 9.17) is 9.97 Å². The van der Waals surface area contributed by atoms with E-state index < -0.39 is 0 Å². The quantitative estimate of drug-likeness (QED) is 0.140. The molecule has 2 nitrogen and oxygen atoms in total. The molecule has 0 radical (unpaired) electrons. The van der Waals surface area contributed by atoms with Crippen LogP contribution in [0.5, 0.6) is 0 Å². The summed E-state index contributed by atoms with van der Waals surface area (Å²) in [5, 5.41) is 7.55. The van der Waals surface area contributed by atoms with Crippen LogP contribution in [-0.2, 0) is 5.41 Å². The van der Waals surface area contributed by atoms with E-state index >= 15 is 0 Å². The second-order valence-corrected chi connectivity index (χ2v) is 14.2. The van der Waals surface area contributed by atoms with Gasteiger partial charge in [-0.3, -0.25) is 0 Å². The molecule has 1 aromatic heterocycles.